The molecular formula is C34H33ClN2O6S. The number of benzene rings is 3. The van der Waals surface area contributed by atoms with Crippen LogP contribution >= 0.6 is 22.9 Å². The average Bonchev–Trinajstić information content (AvgIpc) is 3.65. The van der Waals surface area contributed by atoms with E-state index in [0.717, 1.165) is 22.4 Å². The summed E-state index contributed by atoms with van der Waals surface area (Å²) in [5.74, 6) is 0.420. The molecule has 1 amide bonds. The summed E-state index contributed by atoms with van der Waals surface area (Å²) in [7, 11) is 0. The van der Waals surface area contributed by atoms with Crippen molar-refractivity contribution in [2.24, 2.45) is 5.92 Å². The number of aliphatic hydroxyl groups excluding tert-OH is 1. The van der Waals surface area contributed by atoms with Crippen LogP contribution in [0.1, 0.15) is 56.8 Å². The van der Waals surface area contributed by atoms with Gasteiger partial charge in [0, 0.05) is 17.0 Å². The Labute approximate surface area is 264 Å². The van der Waals surface area contributed by atoms with Crippen LogP contribution in [0.25, 0.3) is 16.0 Å². The molecule has 2 atom stereocenters. The summed E-state index contributed by atoms with van der Waals surface area (Å²) in [6, 6.07) is 15.0. The number of anilines is 1. The first-order valence-electron chi connectivity index (χ1n) is 14.7. The number of rotatable bonds is 9. The summed E-state index contributed by atoms with van der Waals surface area (Å²) in [6.07, 6.45) is 1.57. The van der Waals surface area contributed by atoms with Crippen LogP contribution in [-0.2, 0) is 16.0 Å². The van der Waals surface area contributed by atoms with Crippen molar-refractivity contribution in [1.29, 1.82) is 0 Å². The van der Waals surface area contributed by atoms with Gasteiger partial charge in [0.25, 0.3) is 5.78 Å². The molecule has 0 bridgehead atoms. The Morgan fingerprint density at radius 3 is 2.70 bits per heavy atom. The van der Waals surface area contributed by atoms with Gasteiger partial charge in [-0.3, -0.25) is 14.5 Å². The van der Waals surface area contributed by atoms with Crippen molar-refractivity contribution >= 4 is 55.7 Å². The number of amides is 1. The monoisotopic (exact) mass is 632 g/mol. The molecule has 4 aromatic rings. The molecule has 44 heavy (non-hydrogen) atoms. The normalized spacial score (nSPS) is 19.1. The van der Waals surface area contributed by atoms with Gasteiger partial charge in [-0.2, -0.15) is 0 Å². The highest BCUT2D eigenvalue weighted by molar-refractivity contribution is 7.22. The van der Waals surface area contributed by atoms with Gasteiger partial charge in [0.05, 0.1) is 35.0 Å². The highest BCUT2D eigenvalue weighted by atomic mass is 35.5. The van der Waals surface area contributed by atoms with Crippen LogP contribution in [0.4, 0.5) is 5.13 Å². The van der Waals surface area contributed by atoms with Gasteiger partial charge in [-0.25, -0.2) is 4.98 Å². The van der Waals surface area contributed by atoms with Crippen LogP contribution in [0.3, 0.4) is 0 Å². The first-order chi connectivity index (χ1) is 21.1. The lowest BCUT2D eigenvalue weighted by molar-refractivity contribution is -0.132. The van der Waals surface area contributed by atoms with Crippen LogP contribution in [-0.4, -0.2) is 41.1 Å². The van der Waals surface area contributed by atoms with Crippen LogP contribution in [0.5, 0.6) is 17.2 Å². The quantitative estimate of drug-likeness (QED) is 0.115. The summed E-state index contributed by atoms with van der Waals surface area (Å²) in [5, 5.41) is 12.6. The zero-order chi connectivity index (χ0) is 31.1. The number of fused-ring (bicyclic) bond motifs is 2. The fraction of sp³-hybridized carbons (Fsp3) is 0.324. The predicted octanol–water partition coefficient (Wildman–Crippen LogP) is 7.72. The van der Waals surface area contributed by atoms with E-state index in [1.807, 2.05) is 19.9 Å². The van der Waals surface area contributed by atoms with Crippen molar-refractivity contribution in [3.63, 3.8) is 0 Å². The second kappa shape index (κ2) is 12.1. The molecule has 0 saturated carbocycles. The van der Waals surface area contributed by atoms with E-state index in [0.29, 0.717) is 63.8 Å². The van der Waals surface area contributed by atoms with Gasteiger partial charge in [0.15, 0.2) is 16.6 Å². The highest BCUT2D eigenvalue weighted by Crippen LogP contribution is 2.46. The molecule has 1 N–H and O–H groups in total. The van der Waals surface area contributed by atoms with E-state index in [9.17, 15) is 14.7 Å². The number of hydrogen-bond donors (Lipinski definition) is 1. The molecule has 0 radical (unpaired) electrons. The minimum Gasteiger partial charge on any atom is -0.507 e. The lowest BCUT2D eigenvalue weighted by Crippen LogP contribution is -2.29. The van der Waals surface area contributed by atoms with E-state index in [1.165, 1.54) is 16.2 Å². The van der Waals surface area contributed by atoms with Crippen molar-refractivity contribution in [1.82, 2.24) is 4.98 Å². The van der Waals surface area contributed by atoms with E-state index in [4.69, 9.17) is 25.8 Å². The minimum absolute atomic E-state index is 0.0128. The molecule has 0 aliphatic carbocycles. The van der Waals surface area contributed by atoms with Crippen LogP contribution in [0.15, 0.2) is 60.2 Å². The zero-order valence-corrected chi connectivity index (χ0v) is 26.5. The number of Topliss-reactive ketones (excluding diaryl/α,β-unsaturated/α-hetero) is 1. The molecule has 3 aromatic carbocycles. The van der Waals surface area contributed by atoms with Gasteiger partial charge in [-0.15, -0.1) is 0 Å². The standard InChI is InChI=1S/C34H33ClN2O6S/c1-5-41-27-16-20(6-11-26(27)42-13-12-18(2)3)30-29(31(38)21-7-10-25-22(15-21)14-19(4)43-25)32(39)33(40)37(30)34-36-24-9-8-23(35)17-28(24)44-34/h6-11,15-19,30,38H,5,12-14H2,1-4H3/b31-29+/t19-,30+/m1/s1. The Kier molecular flexibility index (Phi) is 8.26. The smallest absolute Gasteiger partial charge is 0.301 e. The third-order valence-corrected chi connectivity index (χ3v) is 8.95. The number of halogens is 1. The number of hydrogen-bond acceptors (Lipinski definition) is 8. The first-order valence-corrected chi connectivity index (χ1v) is 15.9. The maximum Gasteiger partial charge on any atom is 0.301 e. The van der Waals surface area contributed by atoms with E-state index >= 15 is 0 Å². The Morgan fingerprint density at radius 1 is 1.11 bits per heavy atom. The van der Waals surface area contributed by atoms with Gasteiger partial charge >= 0.3 is 5.91 Å². The molecule has 2 aliphatic rings. The number of carbonyl (C=O) groups excluding carboxylic acids is 2. The Hall–Kier alpha value is -4.08. The van der Waals surface area contributed by atoms with Crippen molar-refractivity contribution in [3.05, 3.63) is 81.9 Å². The number of thiazole rings is 1. The van der Waals surface area contributed by atoms with E-state index in [-0.39, 0.29) is 17.4 Å². The topological polar surface area (TPSA) is 98.2 Å². The van der Waals surface area contributed by atoms with Gasteiger partial charge in [-0.05, 0) is 85.8 Å². The molecule has 0 spiro atoms. The molecule has 228 valence electrons. The van der Waals surface area contributed by atoms with Gasteiger partial charge in [-0.1, -0.05) is 42.9 Å². The molecule has 1 saturated heterocycles. The average molecular weight is 633 g/mol. The van der Waals surface area contributed by atoms with E-state index in [1.54, 1.807) is 48.5 Å². The lowest BCUT2D eigenvalue weighted by atomic mass is 9.94. The molecule has 0 unspecified atom stereocenters. The molecule has 10 heteroatoms. The van der Waals surface area contributed by atoms with E-state index in [2.05, 4.69) is 18.8 Å². The minimum atomic E-state index is -0.974. The SMILES string of the molecule is CCOc1cc([C@H]2/C(=C(\O)c3ccc4c(c3)C[C@@H](C)O4)C(=O)C(=O)N2c2nc3ccc(Cl)cc3s2)ccc1OCCC(C)C. The highest BCUT2D eigenvalue weighted by Gasteiger charge is 2.48. The Bertz CT molecular complexity index is 1800. The lowest BCUT2D eigenvalue weighted by Gasteiger charge is -2.24. The van der Waals surface area contributed by atoms with Crippen LogP contribution in [0, 0.1) is 5.92 Å². The summed E-state index contributed by atoms with van der Waals surface area (Å²) in [6.45, 7) is 9.01. The van der Waals surface area contributed by atoms with Crippen molar-refractivity contribution in [2.45, 2.75) is 52.7 Å². The van der Waals surface area contributed by atoms with Crippen molar-refractivity contribution in [3.8, 4) is 17.2 Å². The van der Waals surface area contributed by atoms with Crippen molar-refractivity contribution in [2.75, 3.05) is 18.1 Å². The summed E-state index contributed by atoms with van der Waals surface area (Å²) in [4.78, 5) is 33.6. The largest absolute Gasteiger partial charge is 0.507 e. The van der Waals surface area contributed by atoms with E-state index < -0.39 is 17.7 Å². The second-order valence-electron chi connectivity index (χ2n) is 11.4. The molecule has 2 aliphatic heterocycles. The summed E-state index contributed by atoms with van der Waals surface area (Å²) in [5.41, 5.74) is 2.54. The fourth-order valence-corrected chi connectivity index (χ4v) is 6.81. The fourth-order valence-electron chi connectivity index (χ4n) is 5.55. The van der Waals surface area contributed by atoms with Gasteiger partial charge in [0.1, 0.15) is 17.6 Å². The maximum atomic E-state index is 13.8. The summed E-state index contributed by atoms with van der Waals surface area (Å²) >= 11 is 7.48. The van der Waals surface area contributed by atoms with Gasteiger partial charge < -0.3 is 19.3 Å². The number of aliphatic hydroxyl groups is 1. The number of ether oxygens (including phenoxy) is 3. The Morgan fingerprint density at radius 2 is 1.93 bits per heavy atom. The molecular weight excluding hydrogens is 600 g/mol. The predicted molar refractivity (Wildman–Crippen MR) is 172 cm³/mol. The number of ketones is 1. The number of nitrogens with zero attached hydrogens (tertiary/aromatic N) is 2. The summed E-state index contributed by atoms with van der Waals surface area (Å²) < 4.78 is 18.6. The third kappa shape index (κ3) is 5.62. The second-order valence-corrected chi connectivity index (χ2v) is 12.8. The molecule has 6 rings (SSSR count). The maximum absolute atomic E-state index is 13.8. The molecule has 8 nitrogen and oxygen atoms in total. The third-order valence-electron chi connectivity index (χ3n) is 7.70. The molecule has 3 heterocycles. The molecule has 1 aromatic heterocycles. The Balaban J connectivity index is 1.50. The van der Waals surface area contributed by atoms with Crippen LogP contribution < -0.4 is 19.1 Å². The van der Waals surface area contributed by atoms with Crippen LogP contribution in [0.2, 0.25) is 5.02 Å². The first kappa shape index (κ1) is 30.0. The van der Waals surface area contributed by atoms with Gasteiger partial charge in [0.2, 0.25) is 0 Å². The molecule has 1 fully saturated rings. The number of carbonyl (C=O) groups is 2. The van der Waals surface area contributed by atoms with Crippen molar-refractivity contribution < 1.29 is 28.9 Å². The zero-order valence-electron chi connectivity index (χ0n) is 24.9. The number of aromatic nitrogens is 1.